The molecule has 26 heavy (non-hydrogen) atoms. The molecule has 1 aliphatic carbocycles. The highest BCUT2D eigenvalue weighted by Gasteiger charge is 2.20. The molecule has 0 amide bonds. The Labute approximate surface area is 155 Å². The summed E-state index contributed by atoms with van der Waals surface area (Å²) < 4.78 is 0. The first kappa shape index (κ1) is 16.5. The standard InChI is InChI=1S/C25H23N/c1-16-12-14-21(18(3)17(16)2)25(26)24-22-11-7-6-10-20(22)13-15-23(24)19-8-4-5-9-19/h4-15,19,26H,1-3H3. The molecule has 128 valence electrons. The number of fused-ring (bicyclic) bond motifs is 1. The van der Waals surface area contributed by atoms with E-state index in [1.54, 1.807) is 0 Å². The third-order valence-electron chi connectivity index (χ3n) is 5.65. The Hall–Kier alpha value is -2.93. The topological polar surface area (TPSA) is 23.9 Å². The zero-order valence-electron chi connectivity index (χ0n) is 15.5. The third kappa shape index (κ3) is 2.61. The second-order valence-electron chi connectivity index (χ2n) is 7.10. The molecule has 0 bridgehead atoms. The summed E-state index contributed by atoms with van der Waals surface area (Å²) in [5.41, 5.74) is 7.65. The maximum atomic E-state index is 9.12. The van der Waals surface area contributed by atoms with Gasteiger partial charge in [0, 0.05) is 17.0 Å². The van der Waals surface area contributed by atoms with E-state index in [1.165, 1.54) is 27.6 Å². The first-order chi connectivity index (χ1) is 12.6. The first-order valence-corrected chi connectivity index (χ1v) is 9.10. The van der Waals surface area contributed by atoms with Crippen molar-refractivity contribution < 1.29 is 0 Å². The summed E-state index contributed by atoms with van der Waals surface area (Å²) in [4.78, 5) is 0. The minimum atomic E-state index is 0.238. The molecular formula is C25H23N. The van der Waals surface area contributed by atoms with Crippen LogP contribution < -0.4 is 0 Å². The third-order valence-corrected chi connectivity index (χ3v) is 5.65. The average Bonchev–Trinajstić information content (AvgIpc) is 3.19. The van der Waals surface area contributed by atoms with Crippen molar-refractivity contribution in [3.63, 3.8) is 0 Å². The lowest BCUT2D eigenvalue weighted by Gasteiger charge is -2.19. The molecule has 0 heterocycles. The molecule has 0 saturated heterocycles. The minimum absolute atomic E-state index is 0.238. The summed E-state index contributed by atoms with van der Waals surface area (Å²) in [5.74, 6) is 0.238. The normalized spacial score (nSPS) is 13.7. The zero-order chi connectivity index (χ0) is 18.3. The van der Waals surface area contributed by atoms with Crippen LogP contribution in [0.1, 0.15) is 39.3 Å². The van der Waals surface area contributed by atoms with Gasteiger partial charge >= 0.3 is 0 Å². The summed E-state index contributed by atoms with van der Waals surface area (Å²) in [5, 5.41) is 11.5. The summed E-state index contributed by atoms with van der Waals surface area (Å²) >= 11 is 0. The monoisotopic (exact) mass is 337 g/mol. The van der Waals surface area contributed by atoms with Gasteiger partial charge in [-0.25, -0.2) is 0 Å². The molecule has 3 aromatic rings. The average molecular weight is 337 g/mol. The van der Waals surface area contributed by atoms with Crippen LogP contribution in [0, 0.1) is 26.2 Å². The zero-order valence-corrected chi connectivity index (χ0v) is 15.5. The fraction of sp³-hybridized carbons (Fsp3) is 0.160. The maximum absolute atomic E-state index is 9.12. The molecule has 1 N–H and O–H groups in total. The van der Waals surface area contributed by atoms with Gasteiger partial charge in [0.15, 0.2) is 0 Å². The number of benzene rings is 3. The molecule has 0 aliphatic heterocycles. The molecule has 1 nitrogen and oxygen atoms in total. The molecule has 0 radical (unpaired) electrons. The molecule has 1 heteroatoms. The van der Waals surface area contributed by atoms with Crippen molar-refractivity contribution >= 4 is 16.5 Å². The van der Waals surface area contributed by atoms with E-state index in [-0.39, 0.29) is 5.92 Å². The van der Waals surface area contributed by atoms with Crippen LogP contribution in [0.25, 0.3) is 10.8 Å². The second-order valence-corrected chi connectivity index (χ2v) is 7.10. The van der Waals surface area contributed by atoms with Crippen molar-refractivity contribution in [2.45, 2.75) is 26.7 Å². The van der Waals surface area contributed by atoms with Crippen molar-refractivity contribution in [2.24, 2.45) is 0 Å². The van der Waals surface area contributed by atoms with E-state index in [2.05, 4.69) is 93.6 Å². The van der Waals surface area contributed by atoms with Crippen molar-refractivity contribution in [1.82, 2.24) is 0 Å². The van der Waals surface area contributed by atoms with E-state index in [9.17, 15) is 0 Å². The predicted octanol–water partition coefficient (Wildman–Crippen LogP) is 6.39. The predicted molar refractivity (Wildman–Crippen MR) is 112 cm³/mol. The number of rotatable bonds is 3. The molecule has 4 rings (SSSR count). The van der Waals surface area contributed by atoms with Gasteiger partial charge in [0.2, 0.25) is 0 Å². The summed E-state index contributed by atoms with van der Waals surface area (Å²) in [6.45, 7) is 6.41. The van der Waals surface area contributed by atoms with Gasteiger partial charge in [0.05, 0.1) is 5.71 Å². The van der Waals surface area contributed by atoms with Crippen molar-refractivity contribution in [3.05, 3.63) is 106 Å². The van der Waals surface area contributed by atoms with Gasteiger partial charge in [0.25, 0.3) is 0 Å². The molecular weight excluding hydrogens is 314 g/mol. The number of hydrogen-bond acceptors (Lipinski definition) is 1. The van der Waals surface area contributed by atoms with Crippen LogP contribution in [0.5, 0.6) is 0 Å². The molecule has 3 aromatic carbocycles. The van der Waals surface area contributed by atoms with Gasteiger partial charge in [-0.3, -0.25) is 5.41 Å². The second kappa shape index (κ2) is 6.42. The Kier molecular flexibility index (Phi) is 4.08. The van der Waals surface area contributed by atoms with Gasteiger partial charge in [-0.05, 0) is 53.8 Å². The number of aryl methyl sites for hydroxylation is 1. The van der Waals surface area contributed by atoms with Crippen LogP contribution in [0.2, 0.25) is 0 Å². The van der Waals surface area contributed by atoms with Crippen molar-refractivity contribution in [2.75, 3.05) is 0 Å². The van der Waals surface area contributed by atoms with E-state index >= 15 is 0 Å². The Balaban J connectivity index is 1.99. The number of hydrogen-bond donors (Lipinski definition) is 1. The fourth-order valence-corrected chi connectivity index (χ4v) is 3.85. The highest BCUT2D eigenvalue weighted by atomic mass is 14.4. The Morgan fingerprint density at radius 2 is 1.54 bits per heavy atom. The van der Waals surface area contributed by atoms with Gasteiger partial charge in [0.1, 0.15) is 0 Å². The smallest absolute Gasteiger partial charge is 0.0696 e. The van der Waals surface area contributed by atoms with E-state index < -0.39 is 0 Å². The van der Waals surface area contributed by atoms with Gasteiger partial charge in [-0.2, -0.15) is 0 Å². The van der Waals surface area contributed by atoms with Gasteiger partial charge in [-0.15, -0.1) is 0 Å². The van der Waals surface area contributed by atoms with Crippen molar-refractivity contribution in [3.8, 4) is 0 Å². The van der Waals surface area contributed by atoms with Crippen LogP contribution in [0.4, 0.5) is 0 Å². The van der Waals surface area contributed by atoms with E-state index in [1.807, 2.05) is 0 Å². The van der Waals surface area contributed by atoms with Crippen molar-refractivity contribution in [1.29, 1.82) is 5.41 Å². The Morgan fingerprint density at radius 1 is 0.808 bits per heavy atom. The molecule has 0 spiro atoms. The van der Waals surface area contributed by atoms with E-state index in [0.717, 1.165) is 16.5 Å². The SMILES string of the molecule is Cc1ccc(C(=N)c2c(C3C=CC=C3)ccc3ccccc23)c(C)c1C. The Morgan fingerprint density at radius 3 is 2.31 bits per heavy atom. The largest absolute Gasteiger partial charge is 0.300 e. The van der Waals surface area contributed by atoms with Gasteiger partial charge < -0.3 is 0 Å². The molecule has 0 unspecified atom stereocenters. The molecule has 1 aliphatic rings. The highest BCUT2D eigenvalue weighted by molar-refractivity contribution is 6.19. The molecule has 0 saturated carbocycles. The maximum Gasteiger partial charge on any atom is 0.0696 e. The van der Waals surface area contributed by atoms with Crippen LogP contribution in [0.15, 0.2) is 72.8 Å². The minimum Gasteiger partial charge on any atom is -0.300 e. The van der Waals surface area contributed by atoms with E-state index in [0.29, 0.717) is 5.71 Å². The molecule has 0 fully saturated rings. The highest BCUT2D eigenvalue weighted by Crippen LogP contribution is 2.34. The lowest BCUT2D eigenvalue weighted by molar-refractivity contribution is 1.10. The fourth-order valence-electron chi connectivity index (χ4n) is 3.85. The summed E-state index contributed by atoms with van der Waals surface area (Å²) in [7, 11) is 0. The molecule has 0 atom stereocenters. The van der Waals surface area contributed by atoms with E-state index in [4.69, 9.17) is 5.41 Å². The summed E-state index contributed by atoms with van der Waals surface area (Å²) in [6.07, 6.45) is 8.59. The Bertz CT molecular complexity index is 1070. The summed E-state index contributed by atoms with van der Waals surface area (Å²) in [6, 6.07) is 17.0. The number of allylic oxidation sites excluding steroid dienone is 4. The first-order valence-electron chi connectivity index (χ1n) is 9.10. The lowest BCUT2D eigenvalue weighted by Crippen LogP contribution is -2.10. The van der Waals surface area contributed by atoms with Crippen LogP contribution in [-0.2, 0) is 0 Å². The quantitative estimate of drug-likeness (QED) is 0.535. The van der Waals surface area contributed by atoms with Crippen LogP contribution in [0.3, 0.4) is 0 Å². The van der Waals surface area contributed by atoms with Crippen LogP contribution in [-0.4, -0.2) is 5.71 Å². The van der Waals surface area contributed by atoms with Crippen LogP contribution >= 0.6 is 0 Å². The van der Waals surface area contributed by atoms with Gasteiger partial charge in [-0.1, -0.05) is 72.8 Å². The molecule has 0 aromatic heterocycles. The lowest BCUT2D eigenvalue weighted by atomic mass is 9.84. The number of nitrogens with one attached hydrogen (secondary N) is 1.